The number of halogens is 3. The molecule has 0 N–H and O–H groups in total. The van der Waals surface area contributed by atoms with Gasteiger partial charge in [-0.25, -0.2) is 4.79 Å². The Morgan fingerprint density at radius 3 is 1.73 bits per heavy atom. The number of nitrogens with zero attached hydrogens (tertiary/aromatic N) is 1. The molecule has 3 aromatic rings. The van der Waals surface area contributed by atoms with E-state index in [0.717, 1.165) is 12.8 Å². The first-order chi connectivity index (χ1) is 23.5. The Hall–Kier alpha value is -4.22. The van der Waals surface area contributed by atoms with Gasteiger partial charge in [0, 0.05) is 50.5 Å². The van der Waals surface area contributed by atoms with Crippen molar-refractivity contribution in [1.29, 1.82) is 0 Å². The zero-order chi connectivity index (χ0) is 35.1. The maximum atomic E-state index is 14.8. The Bertz CT molecular complexity index is 1490. The van der Waals surface area contributed by atoms with Gasteiger partial charge in [-0.2, -0.15) is 13.2 Å². The summed E-state index contributed by atoms with van der Waals surface area (Å²) in [5.41, 5.74) is 0.277. The number of rotatable bonds is 10. The largest absolute Gasteiger partial charge is 0.542 e. The maximum absolute atomic E-state index is 14.8. The number of carbonyl (C=O) groups excluding carboxylic acids is 3. The monoisotopic (exact) mass is 681 g/mol. The van der Waals surface area contributed by atoms with Crippen LogP contribution in [0.4, 0.5) is 13.2 Å². The molecule has 3 heterocycles. The van der Waals surface area contributed by atoms with Crippen molar-refractivity contribution in [3.05, 3.63) is 108 Å². The second-order valence-corrected chi connectivity index (χ2v) is 12.9. The van der Waals surface area contributed by atoms with Crippen LogP contribution in [0.15, 0.2) is 91.0 Å². The lowest BCUT2D eigenvalue weighted by molar-refractivity contribution is -0.956. The van der Waals surface area contributed by atoms with Crippen LogP contribution in [0, 0.1) is 0 Å². The van der Waals surface area contributed by atoms with Crippen molar-refractivity contribution in [2.75, 3.05) is 13.1 Å². The fourth-order valence-electron chi connectivity index (χ4n) is 7.79. The van der Waals surface area contributed by atoms with Gasteiger partial charge < -0.3 is 28.6 Å². The van der Waals surface area contributed by atoms with Gasteiger partial charge in [0.25, 0.3) is 0 Å². The minimum absolute atomic E-state index is 0.174. The number of benzene rings is 3. The fraction of sp³-hybridized carbons (Fsp3) is 0.447. The van der Waals surface area contributed by atoms with E-state index in [2.05, 4.69) is 0 Å². The standard InChI is InChI=1S/C36H42NO5.C2HF3O2/c1-2-14-33(38)41-34(27-15-6-3-7-16-27)42-36(28-17-8-4-9-18-28,29-19-10-5-11-20-29)35(39)40-32-25-30-21-22-31(26-32)37(30)23-12-13-24-37;3-2(4,5)1(6)7/h3-11,15-20,30-32,34H,2,12-14,21-26H2,1H3;(H,6,7)/q+1;/p-1. The Morgan fingerprint density at radius 2 is 1.29 bits per heavy atom. The molecule has 0 saturated carbocycles. The second-order valence-electron chi connectivity index (χ2n) is 12.9. The summed E-state index contributed by atoms with van der Waals surface area (Å²) in [5.74, 6) is -3.85. The van der Waals surface area contributed by atoms with Crippen LogP contribution in [0.25, 0.3) is 0 Å². The highest BCUT2D eigenvalue weighted by atomic mass is 19.4. The van der Waals surface area contributed by atoms with Crippen molar-refractivity contribution in [2.45, 2.75) is 94.5 Å². The lowest BCUT2D eigenvalue weighted by Crippen LogP contribution is -2.60. The second kappa shape index (κ2) is 15.6. The summed E-state index contributed by atoms with van der Waals surface area (Å²) in [4.78, 5) is 36.4. The molecular weight excluding hydrogens is 639 g/mol. The van der Waals surface area contributed by atoms with Crippen molar-refractivity contribution in [2.24, 2.45) is 0 Å². The zero-order valence-corrected chi connectivity index (χ0v) is 27.5. The molecule has 8 nitrogen and oxygen atoms in total. The van der Waals surface area contributed by atoms with E-state index in [-0.39, 0.29) is 18.5 Å². The van der Waals surface area contributed by atoms with Crippen molar-refractivity contribution in [3.8, 4) is 0 Å². The van der Waals surface area contributed by atoms with Gasteiger partial charge in [0.05, 0.1) is 25.2 Å². The van der Waals surface area contributed by atoms with Crippen molar-refractivity contribution in [3.63, 3.8) is 0 Å². The van der Waals surface area contributed by atoms with Crippen LogP contribution < -0.4 is 5.11 Å². The molecule has 3 saturated heterocycles. The molecule has 1 spiro atoms. The molecular formula is C38H42F3NO7. The minimum atomic E-state index is -5.19. The van der Waals surface area contributed by atoms with E-state index >= 15 is 0 Å². The smallest absolute Gasteiger partial charge is 0.430 e. The first kappa shape index (κ1) is 36.1. The normalized spacial score (nSPS) is 21.7. The summed E-state index contributed by atoms with van der Waals surface area (Å²) in [5, 5.41) is 8.78. The molecule has 11 heteroatoms. The van der Waals surface area contributed by atoms with Crippen LogP contribution in [-0.2, 0) is 34.2 Å². The number of hydrogen-bond donors (Lipinski definition) is 0. The molecule has 3 atom stereocenters. The van der Waals surface area contributed by atoms with E-state index in [9.17, 15) is 22.8 Å². The first-order valence-corrected chi connectivity index (χ1v) is 16.9. The van der Waals surface area contributed by atoms with E-state index in [1.165, 1.54) is 43.3 Å². The Kier molecular flexibility index (Phi) is 11.4. The average molecular weight is 682 g/mol. The molecule has 0 radical (unpaired) electrons. The number of carboxylic acids is 1. The van der Waals surface area contributed by atoms with Gasteiger partial charge >= 0.3 is 18.1 Å². The molecule has 3 aliphatic heterocycles. The molecule has 0 aliphatic carbocycles. The third-order valence-corrected chi connectivity index (χ3v) is 9.96. The first-order valence-electron chi connectivity index (χ1n) is 16.9. The van der Waals surface area contributed by atoms with Gasteiger partial charge in [0.2, 0.25) is 11.9 Å². The number of piperidine rings is 1. The number of ether oxygens (including phenoxy) is 3. The highest BCUT2D eigenvalue weighted by molar-refractivity contribution is 5.86. The Morgan fingerprint density at radius 1 is 0.816 bits per heavy atom. The number of aliphatic carboxylic acids is 1. The molecule has 262 valence electrons. The fourth-order valence-corrected chi connectivity index (χ4v) is 7.79. The van der Waals surface area contributed by atoms with Gasteiger partial charge in [0.15, 0.2) is 0 Å². The highest BCUT2D eigenvalue weighted by Crippen LogP contribution is 2.47. The van der Waals surface area contributed by atoms with Crippen LogP contribution in [0.5, 0.6) is 0 Å². The van der Waals surface area contributed by atoms with Crippen LogP contribution in [0.2, 0.25) is 0 Å². The Labute approximate surface area is 284 Å². The maximum Gasteiger partial charge on any atom is 0.430 e. The van der Waals surface area contributed by atoms with Crippen molar-refractivity contribution >= 4 is 17.9 Å². The predicted molar refractivity (Wildman–Crippen MR) is 171 cm³/mol. The van der Waals surface area contributed by atoms with Gasteiger partial charge in [-0.1, -0.05) is 97.9 Å². The highest BCUT2D eigenvalue weighted by Gasteiger charge is 2.57. The summed E-state index contributed by atoms with van der Waals surface area (Å²) in [6.07, 6.45) is 1.21. The van der Waals surface area contributed by atoms with E-state index in [4.69, 9.17) is 24.1 Å². The number of carboxylic acid groups (broad SMARTS) is 1. The minimum Gasteiger partial charge on any atom is -0.542 e. The summed E-state index contributed by atoms with van der Waals surface area (Å²) >= 11 is 0. The Balaban J connectivity index is 0.000000606. The van der Waals surface area contributed by atoms with E-state index in [1.54, 1.807) is 0 Å². The lowest BCUT2D eigenvalue weighted by Gasteiger charge is -2.47. The van der Waals surface area contributed by atoms with Crippen LogP contribution in [-0.4, -0.2) is 59.8 Å². The quantitative estimate of drug-likeness (QED) is 0.144. The topological polar surface area (TPSA) is 102 Å². The molecule has 3 fully saturated rings. The van der Waals surface area contributed by atoms with Gasteiger partial charge in [-0.05, 0) is 17.5 Å². The number of carbonyl (C=O) groups is 3. The third-order valence-electron chi connectivity index (χ3n) is 9.96. The van der Waals surface area contributed by atoms with E-state index in [0.29, 0.717) is 35.2 Å². The number of alkyl halides is 3. The molecule has 3 unspecified atom stereocenters. The molecule has 0 aromatic heterocycles. The molecule has 6 rings (SSSR count). The molecule has 49 heavy (non-hydrogen) atoms. The van der Waals surface area contributed by atoms with Crippen molar-refractivity contribution < 1.29 is 51.4 Å². The summed E-state index contributed by atoms with van der Waals surface area (Å²) < 4.78 is 52.1. The summed E-state index contributed by atoms with van der Waals surface area (Å²) in [7, 11) is 0. The van der Waals surface area contributed by atoms with Crippen LogP contribution in [0.3, 0.4) is 0 Å². The summed E-state index contributed by atoms with van der Waals surface area (Å²) in [6, 6.07) is 29.4. The van der Waals surface area contributed by atoms with Gasteiger partial charge in [-0.3, -0.25) is 4.79 Å². The zero-order valence-electron chi connectivity index (χ0n) is 27.5. The van der Waals surface area contributed by atoms with E-state index in [1.807, 2.05) is 97.9 Å². The van der Waals surface area contributed by atoms with Gasteiger partial charge in [-0.15, -0.1) is 0 Å². The molecule has 3 aliphatic rings. The average Bonchev–Trinajstić information content (AvgIpc) is 3.64. The molecule has 3 aromatic carbocycles. The predicted octanol–water partition coefficient (Wildman–Crippen LogP) is 6.13. The molecule has 0 amide bonds. The SMILES string of the molecule is CCCC(=O)OC(OC(C(=O)OC1CC2CCC(C1)[N+]21CCCC1)(c1ccccc1)c1ccccc1)c1ccccc1.O=C([O-])C(F)(F)F. The summed E-state index contributed by atoms with van der Waals surface area (Å²) in [6.45, 7) is 4.46. The van der Waals surface area contributed by atoms with Crippen LogP contribution in [0.1, 0.15) is 81.3 Å². The van der Waals surface area contributed by atoms with Crippen LogP contribution >= 0.6 is 0 Å². The van der Waals surface area contributed by atoms with Gasteiger partial charge in [0.1, 0.15) is 12.1 Å². The molecule has 2 bridgehead atoms. The number of esters is 2. The number of quaternary nitrogens is 1. The lowest BCUT2D eigenvalue weighted by atomic mass is 9.85. The third kappa shape index (κ3) is 7.99. The number of hydrogen-bond acceptors (Lipinski definition) is 7. The van der Waals surface area contributed by atoms with E-state index < -0.39 is 30.0 Å². The van der Waals surface area contributed by atoms with Crippen molar-refractivity contribution in [1.82, 2.24) is 0 Å².